The standard InChI is InChI=1S/C12H10N2O3/c13-4-3-12(6-16-7-12)8-1-2-10-9(5-8)14-11(15)17-10/h1-2,5H,3,6-7H2,(H,14,15). The van der Waals surface area contributed by atoms with Crippen molar-refractivity contribution in [2.45, 2.75) is 11.8 Å². The lowest BCUT2D eigenvalue weighted by Crippen LogP contribution is -2.46. The number of nitrogens with zero attached hydrogens (tertiary/aromatic N) is 1. The Hall–Kier alpha value is -2.06. The summed E-state index contributed by atoms with van der Waals surface area (Å²) in [5.41, 5.74) is 1.98. The smallest absolute Gasteiger partial charge is 0.408 e. The van der Waals surface area contributed by atoms with E-state index in [-0.39, 0.29) is 5.41 Å². The van der Waals surface area contributed by atoms with Gasteiger partial charge in [0.25, 0.3) is 0 Å². The highest BCUT2D eigenvalue weighted by Crippen LogP contribution is 2.36. The molecule has 0 atom stereocenters. The third-order valence-corrected chi connectivity index (χ3v) is 3.21. The fraction of sp³-hybridized carbons (Fsp3) is 0.333. The summed E-state index contributed by atoms with van der Waals surface area (Å²) in [6, 6.07) is 7.69. The second-order valence-corrected chi connectivity index (χ2v) is 4.33. The molecule has 0 radical (unpaired) electrons. The van der Waals surface area contributed by atoms with Crippen LogP contribution >= 0.6 is 0 Å². The van der Waals surface area contributed by atoms with Crippen LogP contribution in [0.4, 0.5) is 0 Å². The van der Waals surface area contributed by atoms with Gasteiger partial charge in [0.15, 0.2) is 5.58 Å². The maximum absolute atomic E-state index is 11.1. The largest absolute Gasteiger partial charge is 0.417 e. The van der Waals surface area contributed by atoms with E-state index in [9.17, 15) is 4.79 Å². The van der Waals surface area contributed by atoms with Gasteiger partial charge in [-0.3, -0.25) is 4.98 Å². The van der Waals surface area contributed by atoms with Gasteiger partial charge in [0, 0.05) is 6.42 Å². The van der Waals surface area contributed by atoms with Crippen LogP contribution in [0.15, 0.2) is 27.4 Å². The number of aromatic nitrogens is 1. The Labute approximate surface area is 96.6 Å². The molecule has 0 amide bonds. The van der Waals surface area contributed by atoms with Crippen molar-refractivity contribution in [1.82, 2.24) is 4.98 Å². The van der Waals surface area contributed by atoms with Crippen LogP contribution in [-0.2, 0) is 10.2 Å². The Morgan fingerprint density at radius 2 is 2.29 bits per heavy atom. The lowest BCUT2D eigenvalue weighted by molar-refractivity contribution is -0.0576. The highest BCUT2D eigenvalue weighted by atomic mass is 16.5. The SMILES string of the molecule is N#CCC1(c2ccc3oc(=O)[nH]c3c2)COC1. The molecule has 2 heterocycles. The minimum absolute atomic E-state index is 0.225. The zero-order valence-corrected chi connectivity index (χ0v) is 9.03. The first-order valence-electron chi connectivity index (χ1n) is 5.32. The zero-order valence-electron chi connectivity index (χ0n) is 9.03. The first kappa shape index (κ1) is 10.1. The molecule has 1 N–H and O–H groups in total. The van der Waals surface area contributed by atoms with E-state index < -0.39 is 5.76 Å². The van der Waals surface area contributed by atoms with Gasteiger partial charge in [-0.25, -0.2) is 4.79 Å². The number of nitriles is 1. The second kappa shape index (κ2) is 3.47. The summed E-state index contributed by atoms with van der Waals surface area (Å²) in [5, 5.41) is 8.86. The third kappa shape index (κ3) is 1.46. The summed E-state index contributed by atoms with van der Waals surface area (Å²) in [7, 11) is 0. The highest BCUT2D eigenvalue weighted by molar-refractivity contribution is 5.73. The average molecular weight is 230 g/mol. The molecule has 5 heteroatoms. The lowest BCUT2D eigenvalue weighted by atomic mass is 9.76. The van der Waals surface area contributed by atoms with Crippen molar-refractivity contribution >= 4 is 11.1 Å². The predicted molar refractivity (Wildman–Crippen MR) is 59.6 cm³/mol. The fourth-order valence-electron chi connectivity index (χ4n) is 2.15. The molecule has 0 saturated carbocycles. The van der Waals surface area contributed by atoms with Crippen molar-refractivity contribution in [2.24, 2.45) is 0 Å². The molecule has 5 nitrogen and oxygen atoms in total. The van der Waals surface area contributed by atoms with E-state index in [0.717, 1.165) is 5.56 Å². The molecule has 2 aromatic rings. The summed E-state index contributed by atoms with van der Waals surface area (Å²) in [6.45, 7) is 1.10. The molecule has 1 aromatic heterocycles. The van der Waals surface area contributed by atoms with Crippen molar-refractivity contribution in [3.05, 3.63) is 34.3 Å². The van der Waals surface area contributed by atoms with Crippen molar-refractivity contribution in [1.29, 1.82) is 5.26 Å². The average Bonchev–Trinajstić information content (AvgIpc) is 2.62. The van der Waals surface area contributed by atoms with Gasteiger partial charge < -0.3 is 9.15 Å². The first-order valence-corrected chi connectivity index (χ1v) is 5.32. The Kier molecular flexibility index (Phi) is 2.06. The van der Waals surface area contributed by atoms with Crippen molar-refractivity contribution in [3.63, 3.8) is 0 Å². The van der Waals surface area contributed by atoms with E-state index in [4.69, 9.17) is 14.4 Å². The van der Waals surface area contributed by atoms with Crippen molar-refractivity contribution in [2.75, 3.05) is 13.2 Å². The van der Waals surface area contributed by atoms with Gasteiger partial charge in [-0.05, 0) is 17.7 Å². The molecule has 0 bridgehead atoms. The van der Waals surface area contributed by atoms with Crippen LogP contribution < -0.4 is 5.76 Å². The molecule has 0 aliphatic carbocycles. The van der Waals surface area contributed by atoms with Gasteiger partial charge >= 0.3 is 5.76 Å². The van der Waals surface area contributed by atoms with Crippen LogP contribution in [0.1, 0.15) is 12.0 Å². The summed E-state index contributed by atoms with van der Waals surface area (Å²) in [5.74, 6) is -0.462. The molecule has 17 heavy (non-hydrogen) atoms. The second-order valence-electron chi connectivity index (χ2n) is 4.33. The number of hydrogen-bond acceptors (Lipinski definition) is 4. The van der Waals surface area contributed by atoms with Crippen LogP contribution in [0.25, 0.3) is 11.1 Å². The number of oxazole rings is 1. The number of H-pyrrole nitrogens is 1. The number of aromatic amines is 1. The normalized spacial score (nSPS) is 17.6. The van der Waals surface area contributed by atoms with Crippen LogP contribution in [0, 0.1) is 11.3 Å². The van der Waals surface area contributed by atoms with E-state index in [1.165, 1.54) is 0 Å². The van der Waals surface area contributed by atoms with E-state index in [0.29, 0.717) is 30.7 Å². The maximum atomic E-state index is 11.1. The number of benzene rings is 1. The van der Waals surface area contributed by atoms with Gasteiger partial charge in [-0.15, -0.1) is 0 Å². The van der Waals surface area contributed by atoms with Gasteiger partial charge in [0.05, 0.1) is 30.2 Å². The predicted octanol–water partition coefficient (Wildman–Crippen LogP) is 1.30. The molecule has 1 saturated heterocycles. The topological polar surface area (TPSA) is 79.0 Å². The van der Waals surface area contributed by atoms with Crippen LogP contribution in [0.3, 0.4) is 0 Å². The van der Waals surface area contributed by atoms with Crippen LogP contribution in [-0.4, -0.2) is 18.2 Å². The molecular formula is C12H10N2O3. The fourth-order valence-corrected chi connectivity index (χ4v) is 2.15. The third-order valence-electron chi connectivity index (χ3n) is 3.21. The number of fused-ring (bicyclic) bond motifs is 1. The Bertz CT molecular complexity index is 658. The maximum Gasteiger partial charge on any atom is 0.417 e. The minimum Gasteiger partial charge on any atom is -0.408 e. The number of ether oxygens (including phenoxy) is 1. The molecule has 1 aliphatic heterocycles. The van der Waals surface area contributed by atoms with Crippen molar-refractivity contribution in [3.8, 4) is 6.07 Å². The molecular weight excluding hydrogens is 220 g/mol. The molecule has 0 unspecified atom stereocenters. The Morgan fingerprint density at radius 1 is 1.47 bits per heavy atom. The molecule has 1 fully saturated rings. The monoisotopic (exact) mass is 230 g/mol. The van der Waals surface area contributed by atoms with E-state index in [1.807, 2.05) is 12.1 Å². The molecule has 3 rings (SSSR count). The lowest BCUT2D eigenvalue weighted by Gasteiger charge is -2.40. The van der Waals surface area contributed by atoms with Gasteiger partial charge in [-0.2, -0.15) is 5.26 Å². The summed E-state index contributed by atoms with van der Waals surface area (Å²) in [6.07, 6.45) is 0.417. The molecule has 1 aliphatic rings. The first-order chi connectivity index (χ1) is 8.23. The minimum atomic E-state index is -0.462. The summed E-state index contributed by atoms with van der Waals surface area (Å²) >= 11 is 0. The van der Waals surface area contributed by atoms with Crippen LogP contribution in [0.2, 0.25) is 0 Å². The number of hydrogen-bond donors (Lipinski definition) is 1. The van der Waals surface area contributed by atoms with E-state index in [1.54, 1.807) is 6.07 Å². The van der Waals surface area contributed by atoms with Gasteiger partial charge in [-0.1, -0.05) is 6.07 Å². The van der Waals surface area contributed by atoms with E-state index >= 15 is 0 Å². The quantitative estimate of drug-likeness (QED) is 0.843. The van der Waals surface area contributed by atoms with Crippen LogP contribution in [0.5, 0.6) is 0 Å². The van der Waals surface area contributed by atoms with Gasteiger partial charge in [0.1, 0.15) is 0 Å². The van der Waals surface area contributed by atoms with Gasteiger partial charge in [0.2, 0.25) is 0 Å². The van der Waals surface area contributed by atoms with E-state index in [2.05, 4.69) is 11.1 Å². The Balaban J connectivity index is 2.11. The zero-order chi connectivity index (χ0) is 11.9. The molecule has 1 aromatic carbocycles. The Morgan fingerprint density at radius 3 is 2.94 bits per heavy atom. The highest BCUT2D eigenvalue weighted by Gasteiger charge is 2.40. The summed E-state index contributed by atoms with van der Waals surface area (Å²) < 4.78 is 10.2. The number of nitrogens with one attached hydrogen (secondary N) is 1. The van der Waals surface area contributed by atoms with Crippen molar-refractivity contribution < 1.29 is 9.15 Å². The summed E-state index contributed by atoms with van der Waals surface area (Å²) in [4.78, 5) is 13.7. The molecule has 0 spiro atoms. The number of rotatable bonds is 2. The molecule has 86 valence electrons.